The summed E-state index contributed by atoms with van der Waals surface area (Å²) < 4.78 is 8.86. The summed E-state index contributed by atoms with van der Waals surface area (Å²) in [5, 5.41) is 0. The van der Waals surface area contributed by atoms with Crippen LogP contribution >= 0.6 is 0 Å². The molecule has 0 heterocycles. The van der Waals surface area contributed by atoms with Gasteiger partial charge in [0.15, 0.2) is 8.24 Å². The van der Waals surface area contributed by atoms with Crippen molar-refractivity contribution in [3.63, 3.8) is 0 Å². The fraction of sp³-hybridized carbons (Fsp3) is 0.650. The number of ether oxygens (including phenoxy) is 1. The van der Waals surface area contributed by atoms with E-state index in [1.54, 1.807) is 7.11 Å². The largest absolute Gasteiger partial charge is 1.00 e. The molecule has 3 N–H and O–H groups in total. The second kappa shape index (κ2) is 13.6. The van der Waals surface area contributed by atoms with Crippen LogP contribution in [0.25, 0.3) is 4.98 Å². The molecular formula is C20H44LiN4OSi2+3. The van der Waals surface area contributed by atoms with Gasteiger partial charge in [0.2, 0.25) is 0 Å². The molecule has 0 amide bonds. The zero-order valence-electron chi connectivity index (χ0n) is 20.6. The number of likely N-dealkylation sites (N-methyl/N-ethyl adjacent to an activating group) is 2. The first kappa shape index (κ1) is 29.6. The molecule has 0 radical (unpaired) electrons. The van der Waals surface area contributed by atoms with Gasteiger partial charge in [-0.3, -0.25) is 0 Å². The molecule has 0 aromatic heterocycles. The zero-order chi connectivity index (χ0) is 21.3. The van der Waals surface area contributed by atoms with E-state index in [9.17, 15) is 0 Å². The summed E-state index contributed by atoms with van der Waals surface area (Å²) in [6, 6.07) is 8.12. The molecule has 0 saturated carbocycles. The van der Waals surface area contributed by atoms with Crippen molar-refractivity contribution in [2.45, 2.75) is 39.3 Å². The summed E-state index contributed by atoms with van der Waals surface area (Å²) >= 11 is 0. The monoisotopic (exact) mass is 419 g/mol. The molecule has 0 aliphatic rings. The van der Waals surface area contributed by atoms with Crippen LogP contribution in [0, 0.1) is 0 Å². The molecule has 1 aromatic rings. The van der Waals surface area contributed by atoms with Crippen LogP contribution in [0.3, 0.4) is 0 Å². The van der Waals surface area contributed by atoms with Crippen molar-refractivity contribution in [3.8, 4) is 5.75 Å². The fourth-order valence-electron chi connectivity index (χ4n) is 2.10. The topological polar surface area (TPSA) is 46.2 Å². The second-order valence-corrected chi connectivity index (χ2v) is 19.0. The van der Waals surface area contributed by atoms with E-state index in [0.717, 1.165) is 17.1 Å². The number of nitrogens with one attached hydrogen (secondary N) is 3. The predicted molar refractivity (Wildman–Crippen MR) is 123 cm³/mol. The van der Waals surface area contributed by atoms with Crippen LogP contribution in [0.4, 0.5) is 0 Å². The number of methoxy groups -OCH3 is 1. The SMILES string of the molecule is COc1ccc(/C([N-][Si](C)(C)C)=[NH+]\[Si](C)(C)C)cc1.C[NH+](C)CC[NH+](C)C.[Li+]. The van der Waals surface area contributed by atoms with E-state index in [4.69, 9.17) is 9.72 Å². The van der Waals surface area contributed by atoms with Gasteiger partial charge in [-0.05, 0) is 43.9 Å². The molecule has 0 saturated heterocycles. The van der Waals surface area contributed by atoms with Gasteiger partial charge >= 0.3 is 18.9 Å². The third kappa shape index (κ3) is 16.4. The molecule has 8 heteroatoms. The molecule has 0 fully saturated rings. The van der Waals surface area contributed by atoms with Crippen LogP contribution in [0.5, 0.6) is 5.75 Å². The maximum absolute atomic E-state index is 5.21. The Labute approximate surface area is 188 Å². The fourth-order valence-corrected chi connectivity index (χ4v) is 3.98. The number of hydrogen-bond acceptors (Lipinski definition) is 1. The van der Waals surface area contributed by atoms with Crippen molar-refractivity contribution in [2.75, 3.05) is 48.4 Å². The quantitative estimate of drug-likeness (QED) is 0.244. The molecule has 0 atom stereocenters. The van der Waals surface area contributed by atoms with Crippen LogP contribution in [0.15, 0.2) is 24.3 Å². The Kier molecular flexibility index (Phi) is 14.4. The van der Waals surface area contributed by atoms with Gasteiger partial charge in [-0.25, -0.2) is 0 Å². The normalized spacial score (nSPS) is 12.2. The van der Waals surface area contributed by atoms with Crippen molar-refractivity contribution in [1.82, 2.24) is 0 Å². The molecule has 1 rings (SSSR count). The van der Waals surface area contributed by atoms with Crippen molar-refractivity contribution in [1.29, 1.82) is 0 Å². The van der Waals surface area contributed by atoms with Crippen LogP contribution < -0.4 is 38.1 Å². The van der Waals surface area contributed by atoms with Gasteiger partial charge in [0.1, 0.15) is 32.9 Å². The summed E-state index contributed by atoms with van der Waals surface area (Å²) in [7, 11) is 7.50. The minimum atomic E-state index is -1.51. The third-order valence-corrected chi connectivity index (χ3v) is 5.31. The minimum absolute atomic E-state index is 0. The molecule has 1 aromatic carbocycles. The van der Waals surface area contributed by atoms with Gasteiger partial charge in [0.25, 0.3) is 0 Å². The number of quaternary nitrogens is 2. The first-order valence-electron chi connectivity index (χ1n) is 9.84. The first-order valence-corrected chi connectivity index (χ1v) is 16.8. The van der Waals surface area contributed by atoms with Crippen LogP contribution in [-0.2, 0) is 0 Å². The molecule has 5 nitrogen and oxygen atoms in total. The van der Waals surface area contributed by atoms with Gasteiger partial charge in [-0.2, -0.15) is 0 Å². The van der Waals surface area contributed by atoms with Crippen LogP contribution in [0.1, 0.15) is 5.56 Å². The van der Waals surface area contributed by atoms with Gasteiger partial charge in [-0.15, -0.1) is 0 Å². The summed E-state index contributed by atoms with van der Waals surface area (Å²) in [5.74, 6) is 1.92. The summed E-state index contributed by atoms with van der Waals surface area (Å²) in [6.07, 6.45) is 0. The Hall–Kier alpha value is -0.559. The zero-order valence-corrected chi connectivity index (χ0v) is 22.6. The first-order chi connectivity index (χ1) is 12.2. The minimum Gasteiger partial charge on any atom is -0.497 e. The Bertz CT molecular complexity index is 557. The molecular weight excluding hydrogens is 375 g/mol. The molecule has 0 aliphatic carbocycles. The molecule has 28 heavy (non-hydrogen) atoms. The van der Waals surface area contributed by atoms with Gasteiger partial charge in [0.05, 0.1) is 35.3 Å². The average Bonchev–Trinajstić information content (AvgIpc) is 2.50. The summed E-state index contributed by atoms with van der Waals surface area (Å²) in [6.45, 7) is 16.2. The number of benzene rings is 1. The van der Waals surface area contributed by atoms with Crippen LogP contribution in [-0.4, -0.2) is 70.7 Å². The van der Waals surface area contributed by atoms with Crippen molar-refractivity contribution in [2.24, 2.45) is 0 Å². The average molecular weight is 420 g/mol. The Morgan fingerprint density at radius 3 is 1.61 bits per heavy atom. The maximum Gasteiger partial charge on any atom is 1.00 e. The molecule has 0 aliphatic heterocycles. The van der Waals surface area contributed by atoms with Gasteiger partial charge < -0.3 is 24.2 Å². The Morgan fingerprint density at radius 1 is 0.893 bits per heavy atom. The van der Waals surface area contributed by atoms with Crippen molar-refractivity contribution in [3.05, 3.63) is 34.8 Å². The van der Waals surface area contributed by atoms with E-state index in [-0.39, 0.29) is 18.9 Å². The molecule has 0 bridgehead atoms. The van der Waals surface area contributed by atoms with Crippen molar-refractivity contribution >= 4 is 22.3 Å². The molecule has 0 spiro atoms. The summed E-state index contributed by atoms with van der Waals surface area (Å²) in [4.78, 5) is 8.03. The van der Waals surface area contributed by atoms with Gasteiger partial charge in [-0.1, -0.05) is 19.6 Å². The second-order valence-electron chi connectivity index (χ2n) is 9.65. The number of amidine groups is 1. The van der Waals surface area contributed by atoms with E-state index in [2.05, 4.69) is 84.3 Å². The van der Waals surface area contributed by atoms with E-state index < -0.39 is 16.5 Å². The summed E-state index contributed by atoms with van der Waals surface area (Å²) in [5.41, 5.74) is 1.14. The number of nitrogens with zero attached hydrogens (tertiary/aromatic N) is 1. The standard InChI is InChI=1S/C14H25N2OSi2.C6H16N2.Li/c1-17-13-10-8-12(9-11-13)14(15-18(2,3)4)16-19(5,6)7;1-7(2)5-6-8(3)4;/h8-11H,1-7H3;5-6H2,1-4H3;/q-1;;+1/p+3. The van der Waals surface area contributed by atoms with E-state index in [1.165, 1.54) is 22.9 Å². The van der Waals surface area contributed by atoms with E-state index >= 15 is 0 Å². The number of hydrogen-bond donors (Lipinski definition) is 3. The Morgan fingerprint density at radius 2 is 1.32 bits per heavy atom. The maximum atomic E-state index is 5.21. The van der Waals surface area contributed by atoms with Crippen molar-refractivity contribution < 1.29 is 38.1 Å². The van der Waals surface area contributed by atoms with E-state index in [0.29, 0.717) is 0 Å². The van der Waals surface area contributed by atoms with Gasteiger partial charge in [0, 0.05) is 5.56 Å². The smallest absolute Gasteiger partial charge is 0.497 e. The number of rotatable bonds is 7. The van der Waals surface area contributed by atoms with Crippen LogP contribution in [0.2, 0.25) is 39.3 Å². The Balaban J connectivity index is 0. The predicted octanol–water partition coefficient (Wildman–Crippen LogP) is -3.15. The molecule has 0 unspecified atom stereocenters. The molecule has 156 valence electrons. The third-order valence-electron chi connectivity index (χ3n) is 3.43. The van der Waals surface area contributed by atoms with E-state index in [1.807, 2.05) is 12.1 Å².